The highest BCUT2D eigenvalue weighted by Gasteiger charge is 2.13. The van der Waals surface area contributed by atoms with Crippen molar-refractivity contribution in [1.29, 1.82) is 0 Å². The number of benzene rings is 2. The molecule has 1 amide bonds. The number of nitrogens with zero attached hydrogens (tertiary/aromatic N) is 2. The summed E-state index contributed by atoms with van der Waals surface area (Å²) in [5, 5.41) is 5.87. The first-order valence-electron chi connectivity index (χ1n) is 9.20. The molecule has 0 unspecified atom stereocenters. The van der Waals surface area contributed by atoms with E-state index in [2.05, 4.69) is 20.6 Å². The molecule has 1 aliphatic heterocycles. The normalized spacial score (nSPS) is 12.3. The van der Waals surface area contributed by atoms with Crippen molar-refractivity contribution in [2.75, 3.05) is 25.1 Å². The molecule has 0 bridgehead atoms. The number of ether oxygens (including phenoxy) is 2. The number of carbonyl (C=O) groups is 1. The number of aromatic nitrogens is 2. The number of amides is 1. The van der Waals surface area contributed by atoms with Crippen LogP contribution in [0.25, 0.3) is 0 Å². The summed E-state index contributed by atoms with van der Waals surface area (Å²) < 4.78 is 24.0. The molecule has 2 aromatic carbocycles. The van der Waals surface area contributed by atoms with Gasteiger partial charge in [-0.05, 0) is 42.3 Å². The van der Waals surface area contributed by atoms with Gasteiger partial charge in [-0.25, -0.2) is 14.4 Å². The molecule has 4 rings (SSSR count). The van der Waals surface area contributed by atoms with Crippen molar-refractivity contribution >= 4 is 17.5 Å². The van der Waals surface area contributed by atoms with Gasteiger partial charge in [0.25, 0.3) is 5.91 Å². The number of fused-ring (bicyclic) bond motifs is 1. The highest BCUT2D eigenvalue weighted by atomic mass is 19.1. The SMILES string of the molecule is O=C(NCCc1ccc(F)cc1)c1ccnc(Nc2ccc3c(c2)OCCO3)n1. The van der Waals surface area contributed by atoms with Crippen LogP contribution in [-0.4, -0.2) is 35.6 Å². The third-order valence-electron chi connectivity index (χ3n) is 4.30. The highest BCUT2D eigenvalue weighted by Crippen LogP contribution is 2.33. The Morgan fingerprint density at radius 2 is 1.83 bits per heavy atom. The van der Waals surface area contributed by atoms with Gasteiger partial charge >= 0.3 is 0 Å². The lowest BCUT2D eigenvalue weighted by atomic mass is 10.1. The first kappa shape index (κ1) is 18.7. The fourth-order valence-corrected chi connectivity index (χ4v) is 2.86. The van der Waals surface area contributed by atoms with Crippen molar-refractivity contribution in [2.24, 2.45) is 0 Å². The Labute approximate surface area is 166 Å². The van der Waals surface area contributed by atoms with Crippen LogP contribution in [0.3, 0.4) is 0 Å². The molecule has 1 aliphatic rings. The zero-order valence-electron chi connectivity index (χ0n) is 15.5. The largest absolute Gasteiger partial charge is 0.486 e. The molecule has 7 nitrogen and oxygen atoms in total. The summed E-state index contributed by atoms with van der Waals surface area (Å²) in [7, 11) is 0. The molecule has 0 fully saturated rings. The lowest BCUT2D eigenvalue weighted by Crippen LogP contribution is -2.26. The molecular weight excluding hydrogens is 375 g/mol. The van der Waals surface area contributed by atoms with E-state index in [1.807, 2.05) is 12.1 Å². The zero-order valence-corrected chi connectivity index (χ0v) is 15.5. The summed E-state index contributed by atoms with van der Waals surface area (Å²) in [4.78, 5) is 20.8. The quantitative estimate of drug-likeness (QED) is 0.668. The van der Waals surface area contributed by atoms with E-state index in [9.17, 15) is 9.18 Å². The number of halogens is 1. The van der Waals surface area contributed by atoms with Crippen molar-refractivity contribution in [1.82, 2.24) is 15.3 Å². The molecule has 0 atom stereocenters. The van der Waals surface area contributed by atoms with Crippen LogP contribution >= 0.6 is 0 Å². The molecule has 3 aromatic rings. The number of hydrogen-bond donors (Lipinski definition) is 2. The Kier molecular flexibility index (Phi) is 5.51. The Morgan fingerprint density at radius 1 is 1.03 bits per heavy atom. The van der Waals surface area contributed by atoms with Gasteiger partial charge in [-0.3, -0.25) is 4.79 Å². The second kappa shape index (κ2) is 8.55. The number of hydrogen-bond acceptors (Lipinski definition) is 6. The van der Waals surface area contributed by atoms with Gasteiger partial charge in [0.05, 0.1) is 0 Å². The van der Waals surface area contributed by atoms with Crippen LogP contribution in [0.15, 0.2) is 54.7 Å². The van der Waals surface area contributed by atoms with E-state index < -0.39 is 0 Å². The average molecular weight is 394 g/mol. The predicted molar refractivity (Wildman–Crippen MR) is 105 cm³/mol. The van der Waals surface area contributed by atoms with Crippen LogP contribution in [0, 0.1) is 5.82 Å². The van der Waals surface area contributed by atoms with Crippen LogP contribution in [0.5, 0.6) is 11.5 Å². The second-order valence-corrected chi connectivity index (χ2v) is 6.38. The summed E-state index contributed by atoms with van der Waals surface area (Å²) in [5.41, 5.74) is 1.91. The van der Waals surface area contributed by atoms with Gasteiger partial charge in [0.2, 0.25) is 5.95 Å². The Bertz CT molecular complexity index is 1010. The molecule has 0 radical (unpaired) electrons. The van der Waals surface area contributed by atoms with Crippen LogP contribution in [0.4, 0.5) is 16.0 Å². The zero-order chi connectivity index (χ0) is 20.1. The van der Waals surface area contributed by atoms with Gasteiger partial charge in [0.15, 0.2) is 11.5 Å². The molecule has 29 heavy (non-hydrogen) atoms. The molecule has 8 heteroatoms. The van der Waals surface area contributed by atoms with Gasteiger partial charge < -0.3 is 20.1 Å². The molecule has 2 N–H and O–H groups in total. The van der Waals surface area contributed by atoms with Crippen LogP contribution in [0.2, 0.25) is 0 Å². The molecule has 0 spiro atoms. The Hall–Kier alpha value is -3.68. The summed E-state index contributed by atoms with van der Waals surface area (Å²) in [6, 6.07) is 13.2. The number of anilines is 2. The predicted octanol–water partition coefficient (Wildman–Crippen LogP) is 3.10. The number of rotatable bonds is 6. The molecule has 0 saturated carbocycles. The lowest BCUT2D eigenvalue weighted by Gasteiger charge is -2.19. The first-order valence-corrected chi connectivity index (χ1v) is 9.20. The summed E-state index contributed by atoms with van der Waals surface area (Å²) in [6.07, 6.45) is 2.11. The minimum absolute atomic E-state index is 0.249. The minimum Gasteiger partial charge on any atom is -0.486 e. The maximum absolute atomic E-state index is 12.9. The van der Waals surface area contributed by atoms with Crippen molar-refractivity contribution in [3.8, 4) is 11.5 Å². The van der Waals surface area contributed by atoms with E-state index in [-0.39, 0.29) is 17.4 Å². The second-order valence-electron chi connectivity index (χ2n) is 6.38. The van der Waals surface area contributed by atoms with E-state index >= 15 is 0 Å². The maximum Gasteiger partial charge on any atom is 0.270 e. The third kappa shape index (κ3) is 4.78. The van der Waals surface area contributed by atoms with Gasteiger partial charge in [-0.15, -0.1) is 0 Å². The minimum atomic E-state index is -0.306. The summed E-state index contributed by atoms with van der Waals surface area (Å²) in [6.45, 7) is 1.45. The summed E-state index contributed by atoms with van der Waals surface area (Å²) in [5.74, 6) is 1.05. The fourth-order valence-electron chi connectivity index (χ4n) is 2.86. The molecule has 2 heterocycles. The van der Waals surface area contributed by atoms with Crippen molar-refractivity contribution in [3.63, 3.8) is 0 Å². The maximum atomic E-state index is 12.9. The van der Waals surface area contributed by atoms with Crippen molar-refractivity contribution < 1.29 is 18.7 Å². The highest BCUT2D eigenvalue weighted by molar-refractivity contribution is 5.92. The van der Waals surface area contributed by atoms with E-state index in [1.165, 1.54) is 18.3 Å². The van der Waals surface area contributed by atoms with Crippen LogP contribution in [0.1, 0.15) is 16.1 Å². The topological polar surface area (TPSA) is 85.4 Å². The number of carbonyl (C=O) groups excluding carboxylic acids is 1. The standard InChI is InChI=1S/C21H19FN4O3/c22-15-3-1-14(2-4-15)7-9-23-20(27)17-8-10-24-21(26-17)25-16-5-6-18-19(13-16)29-12-11-28-18/h1-6,8,10,13H,7,9,11-12H2,(H,23,27)(H,24,25,26). The van der Waals surface area contributed by atoms with Crippen molar-refractivity contribution in [2.45, 2.75) is 6.42 Å². The van der Waals surface area contributed by atoms with Gasteiger partial charge in [0, 0.05) is 24.5 Å². The molecule has 0 aliphatic carbocycles. The van der Waals surface area contributed by atoms with E-state index in [1.54, 1.807) is 24.3 Å². The molecule has 1 aromatic heterocycles. The molecule has 0 saturated heterocycles. The fraction of sp³-hybridized carbons (Fsp3) is 0.190. The Balaban J connectivity index is 1.36. The molecule has 148 valence electrons. The third-order valence-corrected chi connectivity index (χ3v) is 4.30. The van der Waals surface area contributed by atoms with Crippen LogP contribution in [-0.2, 0) is 6.42 Å². The summed E-state index contributed by atoms with van der Waals surface area (Å²) >= 11 is 0. The average Bonchev–Trinajstić information content (AvgIpc) is 2.75. The molecular formula is C21H19FN4O3. The van der Waals surface area contributed by atoms with E-state index in [4.69, 9.17) is 9.47 Å². The Morgan fingerprint density at radius 3 is 2.66 bits per heavy atom. The van der Waals surface area contributed by atoms with Crippen LogP contribution < -0.4 is 20.1 Å². The van der Waals surface area contributed by atoms with E-state index in [0.29, 0.717) is 43.6 Å². The monoisotopic (exact) mass is 394 g/mol. The smallest absolute Gasteiger partial charge is 0.270 e. The first-order chi connectivity index (χ1) is 14.2. The van der Waals surface area contributed by atoms with Gasteiger partial charge in [-0.1, -0.05) is 12.1 Å². The lowest BCUT2D eigenvalue weighted by molar-refractivity contribution is 0.0949. The van der Waals surface area contributed by atoms with Crippen molar-refractivity contribution in [3.05, 3.63) is 71.8 Å². The van der Waals surface area contributed by atoms with E-state index in [0.717, 1.165) is 11.3 Å². The van der Waals surface area contributed by atoms with Gasteiger partial charge in [-0.2, -0.15) is 0 Å². The van der Waals surface area contributed by atoms with Gasteiger partial charge in [0.1, 0.15) is 24.7 Å². The number of nitrogens with one attached hydrogen (secondary N) is 2.